The Balaban J connectivity index is 0.000000189. The van der Waals surface area contributed by atoms with Crippen molar-refractivity contribution < 1.29 is 18.3 Å². The van der Waals surface area contributed by atoms with E-state index in [-0.39, 0.29) is 11.3 Å². The van der Waals surface area contributed by atoms with Gasteiger partial charge in [-0.05, 0) is 36.4 Å². The fourth-order valence-electron chi connectivity index (χ4n) is 1.82. The Bertz CT molecular complexity index is 1020. The van der Waals surface area contributed by atoms with Gasteiger partial charge in [0.1, 0.15) is 0 Å². The fourth-order valence-corrected chi connectivity index (χ4v) is 1.82. The van der Waals surface area contributed by atoms with E-state index in [1.165, 1.54) is 43.5 Å². The standard InChI is InChI=1S/C9H9FN2O2.C8H5FN2O/c1-14-9(13)5-3-7-6(11)2-4-8(10)12-7;9-7-3-1-6-5(10-7)2-4-8(12)11-6/h2-5H,11H2,1H3;1-4H,(H,11,12)/b5-3+;. The molecule has 3 aromatic heterocycles. The van der Waals surface area contributed by atoms with Gasteiger partial charge in [-0.2, -0.15) is 8.78 Å². The summed E-state index contributed by atoms with van der Waals surface area (Å²) in [6.45, 7) is 0. The molecule has 0 aliphatic heterocycles. The number of pyridine rings is 3. The molecule has 0 atom stereocenters. The second-order valence-electron chi connectivity index (χ2n) is 4.85. The van der Waals surface area contributed by atoms with Crippen molar-refractivity contribution in [2.75, 3.05) is 12.8 Å². The van der Waals surface area contributed by atoms with Crippen LogP contribution in [-0.4, -0.2) is 28.0 Å². The summed E-state index contributed by atoms with van der Waals surface area (Å²) in [5.74, 6) is -1.74. The second kappa shape index (κ2) is 8.47. The van der Waals surface area contributed by atoms with Crippen molar-refractivity contribution in [3.8, 4) is 0 Å². The van der Waals surface area contributed by atoms with E-state index >= 15 is 0 Å². The van der Waals surface area contributed by atoms with E-state index in [1.807, 2.05) is 0 Å². The zero-order valence-corrected chi connectivity index (χ0v) is 13.6. The van der Waals surface area contributed by atoms with E-state index < -0.39 is 17.9 Å². The van der Waals surface area contributed by atoms with Gasteiger partial charge in [-0.15, -0.1) is 0 Å². The molecule has 3 heterocycles. The molecular formula is C17H14F2N4O3. The average Bonchev–Trinajstić information content (AvgIpc) is 2.63. The minimum atomic E-state index is -0.649. The van der Waals surface area contributed by atoms with Crippen LogP contribution in [-0.2, 0) is 9.53 Å². The quantitative estimate of drug-likeness (QED) is 0.411. The summed E-state index contributed by atoms with van der Waals surface area (Å²) in [6.07, 6.45) is 2.42. The number of hydrogen-bond donors (Lipinski definition) is 2. The van der Waals surface area contributed by atoms with Crippen LogP contribution in [0.4, 0.5) is 14.5 Å². The first-order valence-corrected chi connectivity index (χ1v) is 7.22. The third-order valence-corrected chi connectivity index (χ3v) is 3.04. The molecular weight excluding hydrogens is 346 g/mol. The number of ether oxygens (including phenoxy) is 1. The van der Waals surface area contributed by atoms with Crippen LogP contribution in [0.15, 0.2) is 47.3 Å². The fraction of sp³-hybridized carbons (Fsp3) is 0.0588. The number of carbonyl (C=O) groups is 1. The Morgan fingerprint density at radius 1 is 1.12 bits per heavy atom. The number of carbonyl (C=O) groups excluding carboxylic acids is 1. The van der Waals surface area contributed by atoms with Gasteiger partial charge in [0.2, 0.25) is 17.5 Å². The van der Waals surface area contributed by atoms with Gasteiger partial charge in [0.15, 0.2) is 0 Å². The first-order valence-electron chi connectivity index (χ1n) is 7.22. The van der Waals surface area contributed by atoms with E-state index in [0.29, 0.717) is 16.7 Å². The molecule has 0 bridgehead atoms. The molecule has 0 radical (unpaired) electrons. The van der Waals surface area contributed by atoms with Crippen molar-refractivity contribution in [3.05, 3.63) is 70.4 Å². The number of rotatable bonds is 2. The summed E-state index contributed by atoms with van der Waals surface area (Å²) in [5.41, 5.74) is 6.77. The summed E-state index contributed by atoms with van der Waals surface area (Å²) in [7, 11) is 1.25. The molecule has 0 saturated carbocycles. The molecule has 0 unspecified atom stereocenters. The van der Waals surface area contributed by atoms with Crippen LogP contribution >= 0.6 is 0 Å². The van der Waals surface area contributed by atoms with Crippen molar-refractivity contribution in [3.63, 3.8) is 0 Å². The predicted octanol–water partition coefficient (Wildman–Crippen LogP) is 2.05. The molecule has 0 aliphatic carbocycles. The molecule has 0 fully saturated rings. The lowest BCUT2D eigenvalue weighted by Crippen LogP contribution is -2.03. The normalized spacial score (nSPS) is 10.4. The van der Waals surface area contributed by atoms with Crippen LogP contribution in [0.2, 0.25) is 0 Å². The van der Waals surface area contributed by atoms with E-state index in [2.05, 4.69) is 19.7 Å². The SMILES string of the molecule is COC(=O)/C=C/c1nc(F)ccc1N.O=c1ccc2nc(F)ccc2[nH]1. The lowest BCUT2D eigenvalue weighted by molar-refractivity contribution is -0.134. The Hall–Kier alpha value is -3.62. The predicted molar refractivity (Wildman–Crippen MR) is 92.0 cm³/mol. The highest BCUT2D eigenvalue weighted by molar-refractivity contribution is 5.87. The maximum atomic E-state index is 12.6. The van der Waals surface area contributed by atoms with Gasteiger partial charge in [-0.1, -0.05) is 0 Å². The molecule has 7 nitrogen and oxygen atoms in total. The first-order chi connectivity index (χ1) is 12.4. The molecule has 0 aromatic carbocycles. The van der Waals surface area contributed by atoms with Gasteiger partial charge >= 0.3 is 5.97 Å². The topological polar surface area (TPSA) is 111 Å². The molecule has 0 amide bonds. The molecule has 0 saturated heterocycles. The number of nitrogen functional groups attached to an aromatic ring is 1. The zero-order valence-electron chi connectivity index (χ0n) is 13.6. The third-order valence-electron chi connectivity index (χ3n) is 3.04. The van der Waals surface area contributed by atoms with Crippen LogP contribution < -0.4 is 11.3 Å². The summed E-state index contributed by atoms with van der Waals surface area (Å²) in [4.78, 5) is 31.1. The summed E-state index contributed by atoms with van der Waals surface area (Å²) in [6, 6.07) is 8.01. The summed E-state index contributed by atoms with van der Waals surface area (Å²) in [5, 5.41) is 0. The molecule has 3 N–H and O–H groups in total. The van der Waals surface area contributed by atoms with Crippen molar-refractivity contribution in [1.29, 1.82) is 0 Å². The van der Waals surface area contributed by atoms with Crippen LogP contribution in [0, 0.1) is 11.9 Å². The number of halogens is 2. The van der Waals surface area contributed by atoms with Crippen LogP contribution in [0.1, 0.15) is 5.69 Å². The number of nitrogens with zero attached hydrogens (tertiary/aromatic N) is 2. The van der Waals surface area contributed by atoms with Gasteiger partial charge < -0.3 is 15.5 Å². The van der Waals surface area contributed by atoms with E-state index in [4.69, 9.17) is 5.73 Å². The van der Waals surface area contributed by atoms with Crippen LogP contribution in [0.25, 0.3) is 17.1 Å². The summed E-state index contributed by atoms with van der Waals surface area (Å²) < 4.78 is 29.5. The number of aromatic amines is 1. The number of anilines is 1. The second-order valence-corrected chi connectivity index (χ2v) is 4.85. The molecule has 3 rings (SSSR count). The maximum Gasteiger partial charge on any atom is 0.330 e. The van der Waals surface area contributed by atoms with Gasteiger partial charge in [0, 0.05) is 12.1 Å². The molecule has 134 valence electrons. The monoisotopic (exact) mass is 360 g/mol. The maximum absolute atomic E-state index is 12.6. The van der Waals surface area contributed by atoms with Crippen molar-refractivity contribution in [2.24, 2.45) is 0 Å². The average molecular weight is 360 g/mol. The molecule has 0 aliphatic rings. The van der Waals surface area contributed by atoms with Gasteiger partial charge in [0.25, 0.3) is 0 Å². The van der Waals surface area contributed by atoms with Gasteiger partial charge in [0.05, 0.1) is 29.5 Å². The van der Waals surface area contributed by atoms with E-state index in [1.54, 1.807) is 0 Å². The number of fused-ring (bicyclic) bond motifs is 1. The number of esters is 1. The van der Waals surface area contributed by atoms with Crippen LogP contribution in [0.5, 0.6) is 0 Å². The summed E-state index contributed by atoms with van der Waals surface area (Å²) >= 11 is 0. The number of nitrogens with two attached hydrogens (primary N) is 1. The number of methoxy groups -OCH3 is 1. The molecule has 0 spiro atoms. The van der Waals surface area contributed by atoms with Crippen molar-refractivity contribution in [2.45, 2.75) is 0 Å². The number of aromatic nitrogens is 3. The van der Waals surface area contributed by atoms with E-state index in [0.717, 1.165) is 12.1 Å². The highest BCUT2D eigenvalue weighted by atomic mass is 19.1. The molecule has 9 heteroatoms. The zero-order chi connectivity index (χ0) is 19.1. The Kier molecular flexibility index (Phi) is 6.10. The smallest absolute Gasteiger partial charge is 0.330 e. The third kappa shape index (κ3) is 5.20. The van der Waals surface area contributed by atoms with Gasteiger partial charge in [-0.3, -0.25) is 4.79 Å². The lowest BCUT2D eigenvalue weighted by Gasteiger charge is -1.98. The highest BCUT2D eigenvalue weighted by Gasteiger charge is 2.00. The number of nitrogens with one attached hydrogen (secondary N) is 1. The minimum absolute atomic E-state index is 0.204. The first kappa shape index (κ1) is 18.7. The van der Waals surface area contributed by atoms with Crippen LogP contribution in [0.3, 0.4) is 0 Å². The van der Waals surface area contributed by atoms with Crippen molar-refractivity contribution >= 4 is 28.8 Å². The Morgan fingerprint density at radius 2 is 1.81 bits per heavy atom. The minimum Gasteiger partial charge on any atom is -0.466 e. The number of hydrogen-bond acceptors (Lipinski definition) is 6. The largest absolute Gasteiger partial charge is 0.466 e. The highest BCUT2D eigenvalue weighted by Crippen LogP contribution is 2.10. The van der Waals surface area contributed by atoms with Gasteiger partial charge in [-0.25, -0.2) is 14.8 Å². The number of H-pyrrole nitrogens is 1. The lowest BCUT2D eigenvalue weighted by atomic mass is 10.3. The van der Waals surface area contributed by atoms with Crippen molar-refractivity contribution in [1.82, 2.24) is 15.0 Å². The Labute approximate surface area is 146 Å². The molecule has 26 heavy (non-hydrogen) atoms. The Morgan fingerprint density at radius 3 is 2.54 bits per heavy atom. The van der Waals surface area contributed by atoms with E-state index in [9.17, 15) is 18.4 Å². The molecule has 3 aromatic rings.